The predicted octanol–water partition coefficient (Wildman–Crippen LogP) is 4.94. The summed E-state index contributed by atoms with van der Waals surface area (Å²) >= 11 is 0. The third kappa shape index (κ3) is 4.86. The molecule has 32 heavy (non-hydrogen) atoms. The summed E-state index contributed by atoms with van der Waals surface area (Å²) in [6.45, 7) is 8.23. The molecule has 0 unspecified atom stereocenters. The minimum atomic E-state index is -1.12. The van der Waals surface area contributed by atoms with E-state index in [9.17, 15) is 15.2 Å². The van der Waals surface area contributed by atoms with Crippen LogP contribution in [0, 0.1) is 18.3 Å². The number of carboxylic acids is 1. The second-order valence-corrected chi connectivity index (χ2v) is 8.49. The SMILES string of the molecule is COc1ccc(CNc2nc(-c3ccc(C(C)(C)C)cc3C#N)nc(C)c2C(=O)O)cc1. The van der Waals surface area contributed by atoms with Gasteiger partial charge in [-0.3, -0.25) is 0 Å². The normalized spacial score (nSPS) is 11.0. The van der Waals surface area contributed by atoms with E-state index in [1.165, 1.54) is 0 Å². The first-order valence-electron chi connectivity index (χ1n) is 10.2. The van der Waals surface area contributed by atoms with Gasteiger partial charge in [-0.25, -0.2) is 14.8 Å². The molecule has 3 rings (SSSR count). The molecule has 0 amide bonds. The van der Waals surface area contributed by atoms with Crippen molar-refractivity contribution in [2.24, 2.45) is 0 Å². The van der Waals surface area contributed by atoms with Gasteiger partial charge in [0.1, 0.15) is 17.1 Å². The second kappa shape index (κ2) is 9.06. The maximum absolute atomic E-state index is 11.9. The number of aromatic nitrogens is 2. The fourth-order valence-electron chi connectivity index (χ4n) is 3.30. The summed E-state index contributed by atoms with van der Waals surface area (Å²) in [7, 11) is 1.60. The lowest BCUT2D eigenvalue weighted by Crippen LogP contribution is -2.14. The van der Waals surface area contributed by atoms with E-state index < -0.39 is 5.97 Å². The fraction of sp³-hybridized carbons (Fsp3) is 0.280. The minimum Gasteiger partial charge on any atom is -0.497 e. The Morgan fingerprint density at radius 2 is 1.84 bits per heavy atom. The summed E-state index contributed by atoms with van der Waals surface area (Å²) < 4.78 is 5.17. The third-order valence-corrected chi connectivity index (χ3v) is 5.17. The number of methoxy groups -OCH3 is 1. The van der Waals surface area contributed by atoms with E-state index in [-0.39, 0.29) is 16.8 Å². The number of aryl methyl sites for hydroxylation is 1. The first-order valence-corrected chi connectivity index (χ1v) is 10.2. The van der Waals surface area contributed by atoms with E-state index >= 15 is 0 Å². The van der Waals surface area contributed by atoms with Crippen molar-refractivity contribution in [3.8, 4) is 23.2 Å². The highest BCUT2D eigenvalue weighted by Gasteiger charge is 2.21. The molecule has 164 valence electrons. The lowest BCUT2D eigenvalue weighted by atomic mass is 9.85. The number of hydrogen-bond donors (Lipinski definition) is 2. The van der Waals surface area contributed by atoms with Crippen molar-refractivity contribution in [1.29, 1.82) is 5.26 Å². The maximum Gasteiger partial charge on any atom is 0.341 e. The Hall–Kier alpha value is -3.92. The van der Waals surface area contributed by atoms with Gasteiger partial charge in [-0.2, -0.15) is 5.26 Å². The first-order chi connectivity index (χ1) is 15.1. The molecule has 3 aromatic rings. The van der Waals surface area contributed by atoms with Crippen LogP contribution in [0.1, 0.15) is 53.5 Å². The van der Waals surface area contributed by atoms with Crippen LogP contribution in [-0.4, -0.2) is 28.2 Å². The van der Waals surface area contributed by atoms with Gasteiger partial charge in [0, 0.05) is 12.1 Å². The van der Waals surface area contributed by atoms with Crippen molar-refractivity contribution in [3.05, 3.63) is 70.4 Å². The zero-order valence-electron chi connectivity index (χ0n) is 18.9. The van der Waals surface area contributed by atoms with Crippen molar-refractivity contribution in [1.82, 2.24) is 9.97 Å². The summed E-state index contributed by atoms with van der Waals surface area (Å²) in [5.41, 5.74) is 3.19. The van der Waals surface area contributed by atoms with Crippen LogP contribution in [0.4, 0.5) is 5.82 Å². The number of ether oxygens (including phenoxy) is 1. The molecular weight excluding hydrogens is 404 g/mol. The number of nitriles is 1. The number of aromatic carboxylic acids is 1. The number of nitrogens with zero attached hydrogens (tertiary/aromatic N) is 3. The highest BCUT2D eigenvalue weighted by molar-refractivity contribution is 5.94. The summed E-state index contributed by atoms with van der Waals surface area (Å²) in [6.07, 6.45) is 0. The zero-order valence-corrected chi connectivity index (χ0v) is 18.9. The van der Waals surface area contributed by atoms with Crippen LogP contribution >= 0.6 is 0 Å². The quantitative estimate of drug-likeness (QED) is 0.570. The molecule has 0 aliphatic carbocycles. The lowest BCUT2D eigenvalue weighted by Gasteiger charge is -2.20. The summed E-state index contributed by atoms with van der Waals surface area (Å²) in [6, 6.07) is 15.3. The molecular formula is C25H26N4O3. The first kappa shape index (κ1) is 22.8. The topological polar surface area (TPSA) is 108 Å². The largest absolute Gasteiger partial charge is 0.497 e. The van der Waals surface area contributed by atoms with Gasteiger partial charge in [0.25, 0.3) is 0 Å². The highest BCUT2D eigenvalue weighted by Crippen LogP contribution is 2.30. The smallest absolute Gasteiger partial charge is 0.341 e. The minimum absolute atomic E-state index is 0.00656. The number of carbonyl (C=O) groups is 1. The summed E-state index contributed by atoms with van der Waals surface area (Å²) in [5, 5.41) is 22.5. The number of carboxylic acid groups (broad SMARTS) is 1. The molecule has 0 atom stereocenters. The molecule has 0 aliphatic rings. The van der Waals surface area contributed by atoms with E-state index in [2.05, 4.69) is 42.1 Å². The van der Waals surface area contributed by atoms with Crippen molar-refractivity contribution in [3.63, 3.8) is 0 Å². The van der Waals surface area contributed by atoms with E-state index in [0.717, 1.165) is 16.9 Å². The highest BCUT2D eigenvalue weighted by atomic mass is 16.5. The molecule has 1 heterocycles. The molecule has 0 bridgehead atoms. The number of benzene rings is 2. The van der Waals surface area contributed by atoms with Crippen LogP contribution in [0.15, 0.2) is 42.5 Å². The van der Waals surface area contributed by atoms with Crippen LogP contribution in [0.2, 0.25) is 0 Å². The molecule has 0 aliphatic heterocycles. The number of nitrogens with one attached hydrogen (secondary N) is 1. The Morgan fingerprint density at radius 1 is 1.16 bits per heavy atom. The van der Waals surface area contributed by atoms with E-state index in [1.807, 2.05) is 42.5 Å². The fourth-order valence-corrected chi connectivity index (χ4v) is 3.30. The number of anilines is 1. The summed E-state index contributed by atoms with van der Waals surface area (Å²) in [4.78, 5) is 20.8. The number of hydrogen-bond acceptors (Lipinski definition) is 6. The van der Waals surface area contributed by atoms with E-state index in [4.69, 9.17) is 4.74 Å². The molecule has 7 nitrogen and oxygen atoms in total. The van der Waals surface area contributed by atoms with Gasteiger partial charge in [-0.1, -0.05) is 39.0 Å². The average Bonchev–Trinajstić information content (AvgIpc) is 2.76. The molecule has 7 heteroatoms. The molecule has 0 radical (unpaired) electrons. The molecule has 1 aromatic heterocycles. The predicted molar refractivity (Wildman–Crippen MR) is 123 cm³/mol. The Kier molecular flexibility index (Phi) is 6.45. The standard InChI is InChI=1S/C25H26N4O3/c1-15-21(24(30)31)23(27-14-16-6-9-19(32-5)10-7-16)29-22(28-15)20-11-8-18(25(2,3)4)12-17(20)13-26/h6-12H,14H2,1-5H3,(H,30,31)(H,27,28,29). The van der Waals surface area contributed by atoms with Crippen LogP contribution in [-0.2, 0) is 12.0 Å². The molecule has 0 saturated heterocycles. The van der Waals surface area contributed by atoms with Crippen LogP contribution < -0.4 is 10.1 Å². The molecule has 2 N–H and O–H groups in total. The Balaban J connectivity index is 2.02. The number of rotatable bonds is 6. The van der Waals surface area contributed by atoms with Crippen LogP contribution in [0.3, 0.4) is 0 Å². The monoisotopic (exact) mass is 430 g/mol. The van der Waals surface area contributed by atoms with Gasteiger partial charge in [0.05, 0.1) is 24.4 Å². The van der Waals surface area contributed by atoms with Crippen molar-refractivity contribution in [2.75, 3.05) is 12.4 Å². The second-order valence-electron chi connectivity index (χ2n) is 8.49. The van der Waals surface area contributed by atoms with Crippen molar-refractivity contribution >= 4 is 11.8 Å². The van der Waals surface area contributed by atoms with Gasteiger partial charge in [-0.15, -0.1) is 0 Å². The summed E-state index contributed by atoms with van der Waals surface area (Å²) in [5.74, 6) is 0.138. The zero-order chi connectivity index (χ0) is 23.5. The van der Waals surface area contributed by atoms with Gasteiger partial charge < -0.3 is 15.2 Å². The maximum atomic E-state index is 11.9. The lowest BCUT2D eigenvalue weighted by molar-refractivity contribution is 0.0696. The van der Waals surface area contributed by atoms with E-state index in [0.29, 0.717) is 29.2 Å². The van der Waals surface area contributed by atoms with Crippen LogP contribution in [0.5, 0.6) is 5.75 Å². The third-order valence-electron chi connectivity index (χ3n) is 5.17. The van der Waals surface area contributed by atoms with Crippen molar-refractivity contribution < 1.29 is 14.6 Å². The molecule has 2 aromatic carbocycles. The van der Waals surface area contributed by atoms with Crippen molar-refractivity contribution in [2.45, 2.75) is 39.7 Å². The Bertz CT molecular complexity index is 1190. The molecule has 0 spiro atoms. The van der Waals surface area contributed by atoms with Gasteiger partial charge in [0.15, 0.2) is 5.82 Å². The Labute approximate surface area is 187 Å². The van der Waals surface area contributed by atoms with E-state index in [1.54, 1.807) is 14.0 Å². The Morgan fingerprint density at radius 3 is 2.41 bits per heavy atom. The van der Waals surface area contributed by atoms with Crippen LogP contribution in [0.25, 0.3) is 11.4 Å². The van der Waals surface area contributed by atoms with Gasteiger partial charge in [-0.05, 0) is 47.7 Å². The molecule has 0 saturated carbocycles. The molecule has 0 fully saturated rings. The van der Waals surface area contributed by atoms with Gasteiger partial charge in [0.2, 0.25) is 0 Å². The average molecular weight is 431 g/mol. The van der Waals surface area contributed by atoms with Gasteiger partial charge >= 0.3 is 5.97 Å².